The topological polar surface area (TPSA) is 86.0 Å². The fraction of sp³-hybridized carbons (Fsp3) is 0. The van der Waals surface area contributed by atoms with Crippen LogP contribution in [-0.4, -0.2) is 23.4 Å². The Labute approximate surface area is 299 Å². The summed E-state index contributed by atoms with van der Waals surface area (Å²) in [5.74, 6) is 1.40. The lowest BCUT2D eigenvalue weighted by molar-refractivity contribution is 0.598. The van der Waals surface area contributed by atoms with Gasteiger partial charge < -0.3 is 4.42 Å². The summed E-state index contributed by atoms with van der Waals surface area (Å²) in [7, 11) is -3.84. The van der Waals surface area contributed by atoms with Crippen LogP contribution in [0.15, 0.2) is 178 Å². The minimum absolute atomic E-state index is 0.236. The van der Waals surface area contributed by atoms with Crippen molar-refractivity contribution in [2.75, 3.05) is 0 Å². The Bertz CT molecular complexity index is 2960. The van der Waals surface area contributed by atoms with Crippen LogP contribution in [0.4, 0.5) is 0 Å². The molecule has 0 saturated carbocycles. The molecule has 9 aromatic rings. The van der Waals surface area contributed by atoms with Crippen molar-refractivity contribution in [1.29, 1.82) is 0 Å². The van der Waals surface area contributed by atoms with Gasteiger partial charge in [0.05, 0.1) is 9.79 Å². The second kappa shape index (κ2) is 11.7. The average Bonchev–Trinajstić information content (AvgIpc) is 3.69. The van der Waals surface area contributed by atoms with Gasteiger partial charge in [0, 0.05) is 38.6 Å². The number of hydrogen-bond donors (Lipinski definition) is 0. The largest absolute Gasteiger partial charge is 0.456 e. The number of para-hydroxylation sites is 1. The average molecular weight is 690 g/mol. The lowest BCUT2D eigenvalue weighted by atomic mass is 9.99. The van der Waals surface area contributed by atoms with Crippen LogP contribution in [0, 0.1) is 0 Å². The summed E-state index contributed by atoms with van der Waals surface area (Å²) in [4.78, 5) is 15.1. The second-order valence-corrected chi connectivity index (χ2v) is 14.7. The Morgan fingerprint density at radius 3 is 1.50 bits per heavy atom. The summed E-state index contributed by atoms with van der Waals surface area (Å²) < 4.78 is 34.6. The monoisotopic (exact) mass is 689 g/mol. The van der Waals surface area contributed by atoms with Gasteiger partial charge in [0.2, 0.25) is 9.84 Å². The van der Waals surface area contributed by atoms with Crippen molar-refractivity contribution in [2.45, 2.75) is 9.79 Å². The maximum Gasteiger partial charge on any atom is 0.207 e. The molecule has 1 aliphatic heterocycles. The van der Waals surface area contributed by atoms with E-state index in [0.717, 1.165) is 55.3 Å². The standard InChI is InChI=1S/C45H27N3O3S/c49-52(50)41-26-33(32-19-22-36-35-13-7-8-14-39(35)51-40(36)25-32)20-23-37(41)38-24-21-34(27-42(38)52)45-47-43(30-11-5-2-6-12-30)46-44(48-45)31-17-15-29(16-18-31)28-9-3-1-4-10-28/h1-27H. The maximum absolute atomic E-state index is 14.2. The molecule has 6 nitrogen and oxygen atoms in total. The summed E-state index contributed by atoms with van der Waals surface area (Å²) in [5.41, 5.74) is 9.05. The highest BCUT2D eigenvalue weighted by Gasteiger charge is 2.34. The molecule has 7 heteroatoms. The third-order valence-electron chi connectivity index (χ3n) is 9.72. The predicted octanol–water partition coefficient (Wildman–Crippen LogP) is 10.9. The first kappa shape index (κ1) is 30.2. The third-order valence-corrected chi connectivity index (χ3v) is 11.6. The van der Waals surface area contributed by atoms with Gasteiger partial charge in [-0.2, -0.15) is 0 Å². The molecular weight excluding hydrogens is 663 g/mol. The minimum Gasteiger partial charge on any atom is -0.456 e. The Morgan fingerprint density at radius 1 is 0.365 bits per heavy atom. The SMILES string of the molecule is O=S1(=O)c2cc(-c3ccc4c(c3)oc3ccccc34)ccc2-c2ccc(-c3nc(-c4ccccc4)nc(-c4ccc(-c5ccccc5)cc4)n3)cc21. The molecule has 2 aromatic heterocycles. The number of benzene rings is 7. The van der Waals surface area contributed by atoms with Crippen LogP contribution in [0.5, 0.6) is 0 Å². The fourth-order valence-electron chi connectivity index (χ4n) is 7.07. The number of rotatable bonds is 5. The molecule has 0 N–H and O–H groups in total. The van der Waals surface area contributed by atoms with Crippen LogP contribution in [0.1, 0.15) is 0 Å². The highest BCUT2D eigenvalue weighted by atomic mass is 32.2. The highest BCUT2D eigenvalue weighted by molar-refractivity contribution is 7.92. The van der Waals surface area contributed by atoms with Gasteiger partial charge >= 0.3 is 0 Å². The summed E-state index contributed by atoms with van der Waals surface area (Å²) in [6.07, 6.45) is 0. The fourth-order valence-corrected chi connectivity index (χ4v) is 8.81. The van der Waals surface area contributed by atoms with Gasteiger partial charge in [-0.3, -0.25) is 0 Å². The molecule has 0 spiro atoms. The number of sulfone groups is 1. The van der Waals surface area contributed by atoms with Crippen LogP contribution in [-0.2, 0) is 9.84 Å². The van der Waals surface area contributed by atoms with Crippen molar-refractivity contribution in [3.05, 3.63) is 164 Å². The molecule has 0 bridgehead atoms. The van der Waals surface area contributed by atoms with E-state index in [2.05, 4.69) is 24.3 Å². The first-order chi connectivity index (χ1) is 25.5. The van der Waals surface area contributed by atoms with Gasteiger partial charge in [-0.05, 0) is 52.6 Å². The first-order valence-corrected chi connectivity index (χ1v) is 18.4. The smallest absolute Gasteiger partial charge is 0.207 e. The van der Waals surface area contributed by atoms with Gasteiger partial charge in [-0.1, -0.05) is 133 Å². The zero-order valence-corrected chi connectivity index (χ0v) is 28.4. The van der Waals surface area contributed by atoms with E-state index in [0.29, 0.717) is 34.2 Å². The molecule has 0 amide bonds. The quantitative estimate of drug-likeness (QED) is 0.179. The van der Waals surface area contributed by atoms with E-state index >= 15 is 0 Å². The van der Waals surface area contributed by atoms with E-state index in [1.165, 1.54) is 0 Å². The predicted molar refractivity (Wildman–Crippen MR) is 205 cm³/mol. The zero-order chi connectivity index (χ0) is 34.8. The van der Waals surface area contributed by atoms with E-state index in [4.69, 9.17) is 19.4 Å². The Kier molecular flexibility index (Phi) is 6.78. The summed E-state index contributed by atoms with van der Waals surface area (Å²) in [6.45, 7) is 0. The van der Waals surface area contributed by atoms with Crippen LogP contribution < -0.4 is 0 Å². The molecule has 0 saturated heterocycles. The zero-order valence-electron chi connectivity index (χ0n) is 27.6. The molecule has 52 heavy (non-hydrogen) atoms. The molecular formula is C45H27N3O3S. The number of hydrogen-bond acceptors (Lipinski definition) is 6. The Morgan fingerprint density at radius 2 is 0.808 bits per heavy atom. The molecule has 1 aliphatic rings. The summed E-state index contributed by atoms with van der Waals surface area (Å²) >= 11 is 0. The van der Waals surface area contributed by atoms with Crippen molar-refractivity contribution in [3.63, 3.8) is 0 Å². The number of furan rings is 1. The molecule has 246 valence electrons. The molecule has 0 fully saturated rings. The molecule has 0 atom stereocenters. The van der Waals surface area contributed by atoms with Crippen molar-refractivity contribution in [2.24, 2.45) is 0 Å². The normalized spacial score (nSPS) is 12.9. The van der Waals surface area contributed by atoms with E-state index in [-0.39, 0.29) is 9.79 Å². The van der Waals surface area contributed by atoms with E-state index in [9.17, 15) is 8.42 Å². The molecule has 7 aromatic carbocycles. The molecule has 0 unspecified atom stereocenters. The lowest BCUT2D eigenvalue weighted by Crippen LogP contribution is -2.01. The van der Waals surface area contributed by atoms with Crippen molar-refractivity contribution < 1.29 is 12.8 Å². The Balaban J connectivity index is 1.04. The van der Waals surface area contributed by atoms with Gasteiger partial charge in [0.25, 0.3) is 0 Å². The van der Waals surface area contributed by atoms with E-state index < -0.39 is 9.84 Å². The lowest BCUT2D eigenvalue weighted by Gasteiger charge is -2.10. The van der Waals surface area contributed by atoms with Crippen molar-refractivity contribution in [3.8, 4) is 67.5 Å². The number of fused-ring (bicyclic) bond motifs is 6. The Hall–Kier alpha value is -6.70. The van der Waals surface area contributed by atoms with Crippen LogP contribution in [0.2, 0.25) is 0 Å². The van der Waals surface area contributed by atoms with Crippen molar-refractivity contribution in [1.82, 2.24) is 15.0 Å². The first-order valence-electron chi connectivity index (χ1n) is 16.9. The minimum atomic E-state index is -3.84. The maximum atomic E-state index is 14.2. The summed E-state index contributed by atoms with van der Waals surface area (Å²) in [6, 6.07) is 53.0. The van der Waals surface area contributed by atoms with Gasteiger partial charge in [0.15, 0.2) is 17.5 Å². The number of aromatic nitrogens is 3. The van der Waals surface area contributed by atoms with E-state index in [1.807, 2.05) is 127 Å². The molecule has 0 radical (unpaired) electrons. The van der Waals surface area contributed by atoms with Gasteiger partial charge in [0.1, 0.15) is 11.2 Å². The molecule has 10 rings (SSSR count). The second-order valence-electron chi connectivity index (χ2n) is 12.9. The van der Waals surface area contributed by atoms with Gasteiger partial charge in [-0.15, -0.1) is 0 Å². The van der Waals surface area contributed by atoms with Crippen LogP contribution in [0.3, 0.4) is 0 Å². The van der Waals surface area contributed by atoms with Crippen LogP contribution >= 0.6 is 0 Å². The van der Waals surface area contributed by atoms with Crippen LogP contribution in [0.25, 0.3) is 89.5 Å². The summed E-state index contributed by atoms with van der Waals surface area (Å²) in [5, 5.41) is 2.07. The van der Waals surface area contributed by atoms with E-state index in [1.54, 1.807) is 12.1 Å². The number of nitrogens with zero attached hydrogens (tertiary/aromatic N) is 3. The molecule has 3 heterocycles. The van der Waals surface area contributed by atoms with Crippen molar-refractivity contribution >= 4 is 31.8 Å². The highest BCUT2D eigenvalue weighted by Crippen LogP contribution is 2.46. The third kappa shape index (κ3) is 4.93. The van der Waals surface area contributed by atoms with Gasteiger partial charge in [-0.25, -0.2) is 23.4 Å². The molecule has 0 aliphatic carbocycles.